The summed E-state index contributed by atoms with van der Waals surface area (Å²) in [7, 11) is 2.07. The molecule has 1 N–H and O–H groups in total. The Morgan fingerprint density at radius 2 is 2.08 bits per heavy atom. The second kappa shape index (κ2) is 3.72. The van der Waals surface area contributed by atoms with Crippen LogP contribution in [-0.2, 0) is 0 Å². The van der Waals surface area contributed by atoms with Crippen LogP contribution in [0.5, 0.6) is 0 Å². The molecular formula is C12H19N. The smallest absolute Gasteiger partial charge is 0.0102 e. The van der Waals surface area contributed by atoms with Crippen molar-refractivity contribution in [2.75, 3.05) is 7.05 Å². The lowest BCUT2D eigenvalue weighted by Gasteiger charge is -2.23. The van der Waals surface area contributed by atoms with Gasteiger partial charge < -0.3 is 5.32 Å². The molecule has 0 saturated heterocycles. The van der Waals surface area contributed by atoms with Gasteiger partial charge in [-0.05, 0) is 50.5 Å². The maximum absolute atomic E-state index is 5.29. The van der Waals surface area contributed by atoms with E-state index in [9.17, 15) is 0 Å². The van der Waals surface area contributed by atoms with Gasteiger partial charge in [-0.25, -0.2) is 0 Å². The van der Waals surface area contributed by atoms with E-state index in [0.29, 0.717) is 6.04 Å². The van der Waals surface area contributed by atoms with E-state index in [1.165, 1.54) is 19.3 Å². The molecule has 0 aliphatic heterocycles. The lowest BCUT2D eigenvalue weighted by molar-refractivity contribution is 0.337. The van der Waals surface area contributed by atoms with Gasteiger partial charge in [-0.3, -0.25) is 0 Å². The van der Waals surface area contributed by atoms with Crippen molar-refractivity contribution in [1.29, 1.82) is 0 Å². The zero-order valence-corrected chi connectivity index (χ0v) is 8.42. The molecule has 72 valence electrons. The van der Waals surface area contributed by atoms with Crippen molar-refractivity contribution >= 4 is 0 Å². The van der Waals surface area contributed by atoms with Crippen molar-refractivity contribution in [3.05, 3.63) is 0 Å². The van der Waals surface area contributed by atoms with Gasteiger partial charge in [-0.2, -0.15) is 0 Å². The molecule has 0 bridgehead atoms. The van der Waals surface area contributed by atoms with Crippen molar-refractivity contribution in [2.24, 2.45) is 17.8 Å². The second-order valence-electron chi connectivity index (χ2n) is 4.63. The van der Waals surface area contributed by atoms with E-state index in [2.05, 4.69) is 18.3 Å². The van der Waals surface area contributed by atoms with Gasteiger partial charge in [-0.1, -0.05) is 0 Å². The van der Waals surface area contributed by atoms with Crippen LogP contribution >= 0.6 is 0 Å². The van der Waals surface area contributed by atoms with Crippen molar-refractivity contribution in [3.8, 4) is 12.3 Å². The summed E-state index contributed by atoms with van der Waals surface area (Å²) < 4.78 is 0. The van der Waals surface area contributed by atoms with Crippen LogP contribution in [0.1, 0.15) is 32.1 Å². The highest BCUT2D eigenvalue weighted by Crippen LogP contribution is 2.55. The van der Waals surface area contributed by atoms with Gasteiger partial charge >= 0.3 is 0 Å². The summed E-state index contributed by atoms with van der Waals surface area (Å²) in [4.78, 5) is 0. The number of hydrogen-bond acceptors (Lipinski definition) is 1. The summed E-state index contributed by atoms with van der Waals surface area (Å²) in [6, 6.07) is 0.684. The van der Waals surface area contributed by atoms with E-state index in [4.69, 9.17) is 6.42 Å². The zero-order chi connectivity index (χ0) is 9.26. The standard InChI is InChI=1S/C12H19N/c1-3-4-5-12(13-2)11-7-9-6-10(9)8-11/h1,9-13H,4-8H2,2H3. The maximum atomic E-state index is 5.29. The van der Waals surface area contributed by atoms with Gasteiger partial charge in [0, 0.05) is 12.5 Å². The number of terminal acetylenes is 1. The van der Waals surface area contributed by atoms with Gasteiger partial charge in [0.1, 0.15) is 0 Å². The first-order valence-electron chi connectivity index (χ1n) is 5.46. The maximum Gasteiger partial charge on any atom is 0.0102 e. The highest BCUT2D eigenvalue weighted by atomic mass is 14.9. The summed E-state index contributed by atoms with van der Waals surface area (Å²) in [6.45, 7) is 0. The molecular weight excluding hydrogens is 158 g/mol. The lowest BCUT2D eigenvalue weighted by Crippen LogP contribution is -2.32. The number of rotatable bonds is 4. The predicted molar refractivity (Wildman–Crippen MR) is 55.2 cm³/mol. The van der Waals surface area contributed by atoms with Crippen LogP contribution < -0.4 is 5.32 Å². The lowest BCUT2D eigenvalue weighted by atomic mass is 9.91. The molecule has 0 spiro atoms. The number of hydrogen-bond donors (Lipinski definition) is 1. The molecule has 0 amide bonds. The molecule has 2 saturated carbocycles. The summed E-state index contributed by atoms with van der Waals surface area (Å²) >= 11 is 0. The molecule has 2 rings (SSSR count). The summed E-state index contributed by atoms with van der Waals surface area (Å²) in [6.07, 6.45) is 11.8. The Morgan fingerprint density at radius 1 is 1.38 bits per heavy atom. The fourth-order valence-corrected chi connectivity index (χ4v) is 2.94. The summed E-state index contributed by atoms with van der Waals surface area (Å²) in [5, 5.41) is 3.42. The topological polar surface area (TPSA) is 12.0 Å². The fourth-order valence-electron chi connectivity index (χ4n) is 2.94. The average Bonchev–Trinajstić information content (AvgIpc) is 2.75. The molecule has 2 fully saturated rings. The fraction of sp³-hybridized carbons (Fsp3) is 0.833. The van der Waals surface area contributed by atoms with E-state index in [1.807, 2.05) is 0 Å². The Hall–Kier alpha value is -0.480. The second-order valence-corrected chi connectivity index (χ2v) is 4.63. The molecule has 0 radical (unpaired) electrons. The third-order valence-electron chi connectivity index (χ3n) is 3.82. The largest absolute Gasteiger partial charge is 0.317 e. The van der Waals surface area contributed by atoms with Crippen LogP contribution in [0.4, 0.5) is 0 Å². The third kappa shape index (κ3) is 1.89. The predicted octanol–water partition coefficient (Wildman–Crippen LogP) is 2.03. The van der Waals surface area contributed by atoms with E-state index >= 15 is 0 Å². The number of fused-ring (bicyclic) bond motifs is 1. The number of nitrogens with one attached hydrogen (secondary N) is 1. The van der Waals surface area contributed by atoms with Crippen molar-refractivity contribution in [1.82, 2.24) is 5.32 Å². The van der Waals surface area contributed by atoms with Gasteiger partial charge in [0.15, 0.2) is 0 Å². The molecule has 3 atom stereocenters. The molecule has 3 unspecified atom stereocenters. The Labute approximate surface area is 81.3 Å². The van der Waals surface area contributed by atoms with Crippen LogP contribution in [0.3, 0.4) is 0 Å². The highest BCUT2D eigenvalue weighted by Gasteiger charge is 2.47. The van der Waals surface area contributed by atoms with E-state index in [-0.39, 0.29) is 0 Å². The quantitative estimate of drug-likeness (QED) is 0.648. The third-order valence-corrected chi connectivity index (χ3v) is 3.82. The Kier molecular flexibility index (Phi) is 2.60. The summed E-state index contributed by atoms with van der Waals surface area (Å²) in [5.74, 6) is 5.84. The van der Waals surface area contributed by atoms with Crippen LogP contribution in [0, 0.1) is 30.1 Å². The molecule has 0 heterocycles. The molecule has 2 aliphatic rings. The van der Waals surface area contributed by atoms with E-state index < -0.39 is 0 Å². The van der Waals surface area contributed by atoms with E-state index in [1.54, 1.807) is 0 Å². The van der Waals surface area contributed by atoms with Gasteiger partial charge in [0.2, 0.25) is 0 Å². The zero-order valence-electron chi connectivity index (χ0n) is 8.42. The molecule has 1 heteroatoms. The van der Waals surface area contributed by atoms with Crippen LogP contribution in [-0.4, -0.2) is 13.1 Å². The molecule has 0 aromatic carbocycles. The van der Waals surface area contributed by atoms with Crippen molar-refractivity contribution < 1.29 is 0 Å². The minimum atomic E-state index is 0.684. The van der Waals surface area contributed by atoms with E-state index in [0.717, 1.165) is 30.6 Å². The molecule has 0 aromatic rings. The SMILES string of the molecule is C#CCCC(NC)C1CC2CC2C1. The first-order chi connectivity index (χ1) is 6.35. The molecule has 0 aromatic heterocycles. The van der Waals surface area contributed by atoms with Crippen LogP contribution in [0.2, 0.25) is 0 Å². The van der Waals surface area contributed by atoms with Crippen LogP contribution in [0.15, 0.2) is 0 Å². The molecule has 1 nitrogen and oxygen atoms in total. The Bertz CT molecular complexity index is 206. The normalized spacial score (nSPS) is 38.0. The van der Waals surface area contributed by atoms with Crippen LogP contribution in [0.25, 0.3) is 0 Å². The first kappa shape index (κ1) is 9.09. The first-order valence-corrected chi connectivity index (χ1v) is 5.46. The average molecular weight is 177 g/mol. The highest BCUT2D eigenvalue weighted by molar-refractivity contribution is 4.99. The summed E-state index contributed by atoms with van der Waals surface area (Å²) in [5.41, 5.74) is 0. The van der Waals surface area contributed by atoms with Crippen molar-refractivity contribution in [3.63, 3.8) is 0 Å². The van der Waals surface area contributed by atoms with Gasteiger partial charge in [0.25, 0.3) is 0 Å². The van der Waals surface area contributed by atoms with Gasteiger partial charge in [0.05, 0.1) is 0 Å². The minimum Gasteiger partial charge on any atom is -0.317 e. The van der Waals surface area contributed by atoms with Gasteiger partial charge in [-0.15, -0.1) is 12.3 Å². The minimum absolute atomic E-state index is 0.684. The Balaban J connectivity index is 1.79. The Morgan fingerprint density at radius 3 is 2.62 bits per heavy atom. The van der Waals surface area contributed by atoms with Crippen molar-refractivity contribution in [2.45, 2.75) is 38.1 Å². The monoisotopic (exact) mass is 177 g/mol. The molecule has 2 aliphatic carbocycles. The molecule has 13 heavy (non-hydrogen) atoms.